The van der Waals surface area contributed by atoms with E-state index in [2.05, 4.69) is 10.3 Å². The maximum absolute atomic E-state index is 14.3. The van der Waals surface area contributed by atoms with E-state index in [-0.39, 0.29) is 12.4 Å². The first-order chi connectivity index (χ1) is 16.7. The first-order valence-corrected chi connectivity index (χ1v) is 10.2. The summed E-state index contributed by atoms with van der Waals surface area (Å²) in [6, 6.07) is 6.04. The van der Waals surface area contributed by atoms with E-state index in [1.165, 1.54) is 14.2 Å². The Kier molecular flexibility index (Phi) is 6.60. The minimum Gasteiger partial charge on any atom is -0.497 e. The Morgan fingerprint density at radius 3 is 2.69 bits per heavy atom. The average Bonchev–Trinajstić information content (AvgIpc) is 3.35. The fraction of sp³-hybridized carbons (Fsp3) is 0.381. The van der Waals surface area contributed by atoms with E-state index in [0.717, 1.165) is 12.3 Å². The second kappa shape index (κ2) is 9.48. The van der Waals surface area contributed by atoms with Gasteiger partial charge in [-0.3, -0.25) is 9.88 Å². The van der Waals surface area contributed by atoms with E-state index >= 15 is 0 Å². The Bertz CT molecular complexity index is 1290. The Balaban J connectivity index is 1.42. The van der Waals surface area contributed by atoms with Gasteiger partial charge in [0, 0.05) is 17.6 Å². The van der Waals surface area contributed by atoms with Gasteiger partial charge in [0.15, 0.2) is 24.0 Å². The summed E-state index contributed by atoms with van der Waals surface area (Å²) in [5, 5.41) is 21.5. The second-order valence-corrected chi connectivity index (χ2v) is 7.49. The summed E-state index contributed by atoms with van der Waals surface area (Å²) < 4.78 is 55.0. The van der Waals surface area contributed by atoms with Crippen molar-refractivity contribution in [2.75, 3.05) is 26.1 Å². The molecule has 0 spiro atoms. The van der Waals surface area contributed by atoms with Gasteiger partial charge >= 0.3 is 17.7 Å². The number of benzene rings is 1. The van der Waals surface area contributed by atoms with Crippen LogP contribution < -0.4 is 20.5 Å². The summed E-state index contributed by atoms with van der Waals surface area (Å²) >= 11 is 0. The van der Waals surface area contributed by atoms with Gasteiger partial charge in [0.1, 0.15) is 23.4 Å². The molecular formula is C21H21F2N3O9. The van der Waals surface area contributed by atoms with E-state index in [0.29, 0.717) is 32.8 Å². The fourth-order valence-corrected chi connectivity index (χ4v) is 3.55. The van der Waals surface area contributed by atoms with Crippen molar-refractivity contribution in [2.24, 2.45) is 0 Å². The Hall–Kier alpha value is -3.75. The topological polar surface area (TPSA) is 155 Å². The molecule has 12 nitrogen and oxygen atoms in total. The van der Waals surface area contributed by atoms with Gasteiger partial charge in [-0.05, 0) is 18.2 Å². The number of furan rings is 1. The van der Waals surface area contributed by atoms with Crippen molar-refractivity contribution in [3.8, 4) is 11.5 Å². The van der Waals surface area contributed by atoms with Crippen LogP contribution in [0.2, 0.25) is 0 Å². The minimum absolute atomic E-state index is 0.271. The first kappa shape index (κ1) is 24.4. The van der Waals surface area contributed by atoms with E-state index in [1.54, 1.807) is 18.2 Å². The highest BCUT2D eigenvalue weighted by Gasteiger charge is 2.59. The zero-order valence-corrected chi connectivity index (χ0v) is 18.4. The van der Waals surface area contributed by atoms with Gasteiger partial charge in [-0.2, -0.15) is 13.8 Å². The summed E-state index contributed by atoms with van der Waals surface area (Å²) in [5.74, 6) is -2.86. The summed E-state index contributed by atoms with van der Waals surface area (Å²) in [4.78, 5) is 27.9. The van der Waals surface area contributed by atoms with Gasteiger partial charge in [-0.15, -0.1) is 0 Å². The van der Waals surface area contributed by atoms with Crippen LogP contribution in [-0.2, 0) is 16.1 Å². The number of nitrogens with zero attached hydrogens (tertiary/aromatic N) is 2. The quantitative estimate of drug-likeness (QED) is 0.439. The van der Waals surface area contributed by atoms with Crippen LogP contribution in [-0.4, -0.2) is 64.8 Å². The van der Waals surface area contributed by atoms with Crippen LogP contribution in [0.25, 0.3) is 11.0 Å². The molecule has 14 heteroatoms. The highest BCUT2D eigenvalue weighted by Crippen LogP contribution is 2.42. The summed E-state index contributed by atoms with van der Waals surface area (Å²) in [7, 11) is 2.97. The molecule has 1 saturated heterocycles. The summed E-state index contributed by atoms with van der Waals surface area (Å²) in [5.41, 5.74) is -0.756. The van der Waals surface area contributed by atoms with Crippen molar-refractivity contribution in [1.29, 1.82) is 0 Å². The van der Waals surface area contributed by atoms with Gasteiger partial charge in [0.05, 0.1) is 20.8 Å². The predicted molar refractivity (Wildman–Crippen MR) is 114 cm³/mol. The number of halogens is 2. The largest absolute Gasteiger partial charge is 0.497 e. The first-order valence-electron chi connectivity index (χ1n) is 10.2. The molecule has 188 valence electrons. The molecule has 0 bridgehead atoms. The number of fused-ring (bicyclic) bond motifs is 1. The van der Waals surface area contributed by atoms with Crippen LogP contribution in [0.1, 0.15) is 12.0 Å². The van der Waals surface area contributed by atoms with Crippen LogP contribution in [0.15, 0.2) is 39.7 Å². The summed E-state index contributed by atoms with van der Waals surface area (Å²) in [6.45, 7) is -1.14. The zero-order valence-electron chi connectivity index (χ0n) is 18.4. The predicted octanol–water partition coefficient (Wildman–Crippen LogP) is 1.64. The van der Waals surface area contributed by atoms with Crippen molar-refractivity contribution in [3.05, 3.63) is 46.7 Å². The molecule has 2 unspecified atom stereocenters. The third-order valence-corrected chi connectivity index (χ3v) is 5.28. The Morgan fingerprint density at radius 2 is 2.06 bits per heavy atom. The Labute approximate surface area is 195 Å². The van der Waals surface area contributed by atoms with E-state index in [9.17, 15) is 23.5 Å². The second-order valence-electron chi connectivity index (χ2n) is 7.49. The zero-order chi connectivity index (χ0) is 25.3. The highest BCUT2D eigenvalue weighted by atomic mass is 19.3. The van der Waals surface area contributed by atoms with Crippen molar-refractivity contribution < 1.29 is 47.2 Å². The van der Waals surface area contributed by atoms with Gasteiger partial charge in [-0.1, -0.05) is 0 Å². The molecular weight excluding hydrogens is 476 g/mol. The number of carbonyl (C=O) groups excluding carboxylic acids is 1. The summed E-state index contributed by atoms with van der Waals surface area (Å²) in [6.07, 6.45) is -6.14. The molecule has 35 heavy (non-hydrogen) atoms. The molecule has 1 amide bonds. The minimum atomic E-state index is -3.86. The molecule has 1 aliphatic rings. The molecule has 3 atom stereocenters. The van der Waals surface area contributed by atoms with Gasteiger partial charge in [0.2, 0.25) is 6.23 Å². The van der Waals surface area contributed by atoms with Crippen LogP contribution in [0.4, 0.5) is 19.4 Å². The number of nitrogens with one attached hydrogen (secondary N) is 1. The van der Waals surface area contributed by atoms with E-state index in [4.69, 9.17) is 28.5 Å². The normalized spacial score (nSPS) is 21.1. The molecule has 0 aliphatic carbocycles. The molecule has 1 aromatic carbocycles. The molecule has 0 saturated carbocycles. The number of methoxy groups -OCH3 is 2. The van der Waals surface area contributed by atoms with Gasteiger partial charge in [-0.25, -0.2) is 9.59 Å². The lowest BCUT2D eigenvalue weighted by molar-refractivity contribution is -0.140. The fourth-order valence-electron chi connectivity index (χ4n) is 3.55. The van der Waals surface area contributed by atoms with Gasteiger partial charge < -0.3 is 33.6 Å². The van der Waals surface area contributed by atoms with Gasteiger partial charge in [0.25, 0.3) is 0 Å². The van der Waals surface area contributed by atoms with E-state index < -0.39 is 42.7 Å². The molecule has 3 aromatic rings. The van der Waals surface area contributed by atoms with Crippen molar-refractivity contribution in [1.82, 2.24) is 9.55 Å². The lowest BCUT2D eigenvalue weighted by Crippen LogP contribution is -2.41. The molecule has 4 rings (SSSR count). The lowest BCUT2D eigenvalue weighted by Gasteiger charge is -2.21. The maximum Gasteiger partial charge on any atom is 0.413 e. The SMILES string of the molecule is COc1cc(OC)c2oc(COC(=O)Nc3ccn(C4OC(CO)[C@@H](O)C4(F)F)c(=O)n3)cc2c1. The number of carbonyl (C=O) groups is 1. The monoisotopic (exact) mass is 497 g/mol. The highest BCUT2D eigenvalue weighted by molar-refractivity contribution is 5.86. The number of rotatable bonds is 7. The molecule has 3 N–H and O–H groups in total. The standard InChI is InChI=1S/C21H21F2N3O9/c1-31-11-5-10-6-12(34-16(10)13(7-11)32-2)9-33-20(30)25-15-3-4-26(19(29)24-15)18-21(22,23)17(28)14(8-27)35-18/h3-7,14,17-18,27-28H,8-9H2,1-2H3,(H,24,25,29,30)/t14?,17-,18?/m1/s1. The molecule has 0 radical (unpaired) electrons. The molecule has 2 aromatic heterocycles. The third-order valence-electron chi connectivity index (χ3n) is 5.28. The van der Waals surface area contributed by atoms with Crippen molar-refractivity contribution in [2.45, 2.75) is 31.0 Å². The number of alkyl halides is 2. The van der Waals surface area contributed by atoms with E-state index in [1.807, 2.05) is 0 Å². The lowest BCUT2D eigenvalue weighted by atomic mass is 10.1. The number of ether oxygens (including phenoxy) is 4. The molecule has 1 fully saturated rings. The number of aliphatic hydroxyl groups excluding tert-OH is 2. The van der Waals surface area contributed by atoms with Crippen LogP contribution >= 0.6 is 0 Å². The van der Waals surface area contributed by atoms with Crippen LogP contribution in [0, 0.1) is 0 Å². The number of amides is 1. The van der Waals surface area contributed by atoms with Crippen LogP contribution in [0.5, 0.6) is 11.5 Å². The number of hydrogen-bond donors (Lipinski definition) is 3. The number of hydrogen-bond acceptors (Lipinski definition) is 10. The van der Waals surface area contributed by atoms with Crippen molar-refractivity contribution in [3.63, 3.8) is 0 Å². The Morgan fingerprint density at radius 1 is 1.29 bits per heavy atom. The number of aliphatic hydroxyl groups is 2. The average molecular weight is 497 g/mol. The number of anilines is 1. The van der Waals surface area contributed by atoms with Crippen LogP contribution in [0.3, 0.4) is 0 Å². The van der Waals surface area contributed by atoms with Crippen molar-refractivity contribution >= 4 is 22.9 Å². The molecule has 3 heterocycles. The smallest absolute Gasteiger partial charge is 0.413 e. The third kappa shape index (κ3) is 4.62. The number of aromatic nitrogens is 2. The maximum atomic E-state index is 14.3. The molecule has 1 aliphatic heterocycles.